The molecule has 4 N–H and O–H groups in total. The molecule has 0 saturated heterocycles. The molecule has 0 atom stereocenters. The van der Waals surface area contributed by atoms with E-state index in [1.807, 2.05) is 0 Å². The Morgan fingerprint density at radius 3 is 0.400 bits per heavy atom. The minimum Gasteiger partial charge on any atom is -0.870 e. The molecule has 4 nitrogen and oxygen atoms in total. The fraction of sp³-hybridized carbons (Fsp3) is 0. The first-order chi connectivity index (χ1) is 0. The van der Waals surface area contributed by atoms with Crippen LogP contribution in [0.1, 0.15) is 0 Å². The molecule has 0 aromatic rings. The summed E-state index contributed by atoms with van der Waals surface area (Å²) in [6, 6.07) is 0. The van der Waals surface area contributed by atoms with Crippen molar-refractivity contribution in [1.29, 1.82) is 0 Å². The average Bonchev–Trinajstić information content (AvgIpc) is 0. The van der Waals surface area contributed by atoms with Crippen molar-refractivity contribution in [3.8, 4) is 0 Å². The molecule has 0 aliphatic carbocycles. The van der Waals surface area contributed by atoms with Crippen molar-refractivity contribution in [1.82, 2.24) is 0 Å². The van der Waals surface area contributed by atoms with Crippen molar-refractivity contribution < 1.29 is 61.8 Å². The van der Waals surface area contributed by atoms with Crippen molar-refractivity contribution in [3.05, 3.63) is 0 Å². The van der Waals surface area contributed by atoms with Gasteiger partial charge in [0.05, 0.1) is 0 Å². The third-order valence-corrected chi connectivity index (χ3v) is 0. The summed E-state index contributed by atoms with van der Waals surface area (Å²) in [4.78, 5) is 0. The van der Waals surface area contributed by atoms with Gasteiger partial charge in [0.1, 0.15) is 0 Å². The predicted molar refractivity (Wildman–Crippen MR) is 7.74 cm³/mol. The largest absolute Gasteiger partial charge is 4.00 e. The zero-order valence-corrected chi connectivity index (χ0v) is 6.40. The van der Waals surface area contributed by atoms with Crippen LogP contribution in [0.25, 0.3) is 0 Å². The Morgan fingerprint density at radius 1 is 0.400 bits per heavy atom. The van der Waals surface area contributed by atoms with E-state index >= 15 is 0 Å². The maximum absolute atomic E-state index is 0. The van der Waals surface area contributed by atoms with Crippen LogP contribution < -0.4 is 0 Å². The summed E-state index contributed by atoms with van der Waals surface area (Å²) >= 11 is 0. The van der Waals surface area contributed by atoms with Gasteiger partial charge in [0.2, 0.25) is 0 Å². The normalized spacial score (nSPS) is 0. The molecular formula is H4O4Th. The molecule has 0 aliphatic rings. The van der Waals surface area contributed by atoms with Gasteiger partial charge in [-0.05, 0) is 0 Å². The first-order valence-corrected chi connectivity index (χ1v) is 0. The fourth-order valence-corrected chi connectivity index (χ4v) is 0. The molecule has 0 bridgehead atoms. The summed E-state index contributed by atoms with van der Waals surface area (Å²) in [5.74, 6) is 0. The van der Waals surface area contributed by atoms with Crippen molar-refractivity contribution in [2.75, 3.05) is 0 Å². The molecule has 0 spiro atoms. The Kier molecular flexibility index (Phi) is 1600. The third kappa shape index (κ3) is 38.1. The number of rotatable bonds is 0. The predicted octanol–water partition coefficient (Wildman–Crippen LogP) is -0.707. The van der Waals surface area contributed by atoms with Gasteiger partial charge in [-0.3, -0.25) is 0 Å². The smallest absolute Gasteiger partial charge is 0.870 e. The second kappa shape index (κ2) is 66.0. The summed E-state index contributed by atoms with van der Waals surface area (Å²) in [6.07, 6.45) is 0. The standard InChI is InChI=1S/4H2O.Th/h4*1H2;/q;;;;+4/p-4. The first kappa shape index (κ1) is 121. The number of hydrogen-bond acceptors (Lipinski definition) is 4. The zero-order valence-electron chi connectivity index (χ0n) is 2.29. The van der Waals surface area contributed by atoms with Gasteiger partial charge in [-0.1, -0.05) is 0 Å². The molecule has 0 saturated carbocycles. The molecule has 0 fully saturated rings. The van der Waals surface area contributed by atoms with Crippen LogP contribution in [0.2, 0.25) is 0 Å². The molecule has 5 heteroatoms. The Balaban J connectivity index is 0. The third-order valence-electron chi connectivity index (χ3n) is 0. The second-order valence-electron chi connectivity index (χ2n) is 0. The van der Waals surface area contributed by atoms with Crippen molar-refractivity contribution in [2.45, 2.75) is 0 Å². The first-order valence-electron chi connectivity index (χ1n) is 0. The molecule has 0 heterocycles. The Bertz CT molecular complexity index is 3.61. The van der Waals surface area contributed by atoms with Gasteiger partial charge >= 0.3 is 39.9 Å². The van der Waals surface area contributed by atoms with Crippen molar-refractivity contribution in [3.63, 3.8) is 0 Å². The molecule has 0 rings (SSSR count). The molecule has 0 aliphatic heterocycles. The topological polar surface area (TPSA) is 120 Å². The molecule has 0 aromatic heterocycles. The quantitative estimate of drug-likeness (QED) is 0.587. The molecule has 5 heavy (non-hydrogen) atoms. The monoisotopic (exact) mass is 300 g/mol. The zero-order chi connectivity index (χ0) is 0. The van der Waals surface area contributed by atoms with Crippen LogP contribution in [-0.2, 0) is 0 Å². The maximum atomic E-state index is 0. The van der Waals surface area contributed by atoms with E-state index in [9.17, 15) is 0 Å². The van der Waals surface area contributed by atoms with Gasteiger partial charge in [-0.25, -0.2) is 0 Å². The van der Waals surface area contributed by atoms with E-state index in [2.05, 4.69) is 0 Å². The van der Waals surface area contributed by atoms with E-state index in [0.29, 0.717) is 0 Å². The molecule has 32 valence electrons. The molecule has 0 aromatic carbocycles. The van der Waals surface area contributed by atoms with Gasteiger partial charge in [0, 0.05) is 0 Å². The Morgan fingerprint density at radius 2 is 0.400 bits per heavy atom. The summed E-state index contributed by atoms with van der Waals surface area (Å²) in [7, 11) is 0. The van der Waals surface area contributed by atoms with Gasteiger partial charge in [0.15, 0.2) is 0 Å². The minimum absolute atomic E-state index is 0. The average molecular weight is 300 g/mol. The van der Waals surface area contributed by atoms with Crippen LogP contribution in [0.5, 0.6) is 0 Å². The summed E-state index contributed by atoms with van der Waals surface area (Å²) in [5, 5.41) is 0. The Labute approximate surface area is 61.5 Å². The Hall–Kier alpha value is 1.16. The van der Waals surface area contributed by atoms with Crippen LogP contribution in [0.3, 0.4) is 0 Å². The van der Waals surface area contributed by atoms with E-state index in [4.69, 9.17) is 0 Å². The fourth-order valence-electron chi connectivity index (χ4n) is 0. The van der Waals surface area contributed by atoms with Crippen LogP contribution in [-0.4, -0.2) is 21.9 Å². The molecule has 0 amide bonds. The summed E-state index contributed by atoms with van der Waals surface area (Å²) in [5.41, 5.74) is 0. The van der Waals surface area contributed by atoms with E-state index in [1.165, 1.54) is 0 Å². The van der Waals surface area contributed by atoms with Gasteiger partial charge < -0.3 is 21.9 Å². The second-order valence-corrected chi connectivity index (χ2v) is 0. The van der Waals surface area contributed by atoms with Gasteiger partial charge in [0.25, 0.3) is 0 Å². The van der Waals surface area contributed by atoms with Crippen LogP contribution >= 0.6 is 0 Å². The molecular weight excluding hydrogens is 296 g/mol. The summed E-state index contributed by atoms with van der Waals surface area (Å²) < 4.78 is 0. The van der Waals surface area contributed by atoms with E-state index in [0.717, 1.165) is 0 Å². The number of hydrogen-bond donors (Lipinski definition) is 0. The van der Waals surface area contributed by atoms with Crippen LogP contribution in [0.4, 0.5) is 0 Å². The van der Waals surface area contributed by atoms with Crippen LogP contribution in [0.15, 0.2) is 0 Å². The maximum Gasteiger partial charge on any atom is 4.00 e. The van der Waals surface area contributed by atoms with E-state index in [1.54, 1.807) is 0 Å². The van der Waals surface area contributed by atoms with E-state index in [-0.39, 0.29) is 61.8 Å². The van der Waals surface area contributed by atoms with Gasteiger partial charge in [-0.15, -0.1) is 0 Å². The summed E-state index contributed by atoms with van der Waals surface area (Å²) in [6.45, 7) is 0. The molecule has 0 radical (unpaired) electrons. The van der Waals surface area contributed by atoms with Gasteiger partial charge in [-0.2, -0.15) is 0 Å². The van der Waals surface area contributed by atoms with Crippen molar-refractivity contribution in [2.24, 2.45) is 0 Å². The SMILES string of the molecule is [OH-].[OH-].[OH-].[OH-].[Th+4]. The molecule has 0 unspecified atom stereocenters. The minimum atomic E-state index is 0. The van der Waals surface area contributed by atoms with E-state index < -0.39 is 0 Å². The van der Waals surface area contributed by atoms with Crippen LogP contribution in [0, 0.1) is 39.9 Å². The van der Waals surface area contributed by atoms with Crippen molar-refractivity contribution >= 4 is 0 Å².